The van der Waals surface area contributed by atoms with E-state index in [1.165, 1.54) is 30.4 Å². The lowest BCUT2D eigenvalue weighted by Crippen LogP contribution is -2.42. The fourth-order valence-electron chi connectivity index (χ4n) is 3.97. The summed E-state index contributed by atoms with van der Waals surface area (Å²) in [7, 11) is 0. The molecule has 2 heterocycles. The maximum Gasteiger partial charge on any atom is 0.163 e. The van der Waals surface area contributed by atoms with E-state index in [9.17, 15) is 0 Å². The van der Waals surface area contributed by atoms with E-state index in [2.05, 4.69) is 50.9 Å². The molecule has 2 aromatic rings. The molecule has 0 unspecified atom stereocenters. The summed E-state index contributed by atoms with van der Waals surface area (Å²) in [4.78, 5) is 2.58. The van der Waals surface area contributed by atoms with Crippen molar-refractivity contribution >= 4 is 0 Å². The van der Waals surface area contributed by atoms with Crippen molar-refractivity contribution < 1.29 is 4.74 Å². The molecule has 0 saturated carbocycles. The molecular weight excluding hydrogens is 288 g/mol. The molecule has 1 fully saturated rings. The molecule has 2 aliphatic rings. The van der Waals surface area contributed by atoms with Gasteiger partial charge in [-0.15, -0.1) is 10.2 Å². The molecular formula is C18H24N4O. The molecule has 5 heteroatoms. The SMILES string of the molecule is CCn1cnnc1[C@H]1CN([C@@H]2CCCc3ccccc32)CCO1. The van der Waals surface area contributed by atoms with Crippen LogP contribution in [0.15, 0.2) is 30.6 Å². The van der Waals surface area contributed by atoms with Crippen LogP contribution in [-0.2, 0) is 17.7 Å². The van der Waals surface area contributed by atoms with Gasteiger partial charge in [0.1, 0.15) is 12.4 Å². The lowest BCUT2D eigenvalue weighted by Gasteiger charge is -2.40. The van der Waals surface area contributed by atoms with Gasteiger partial charge in [-0.05, 0) is 37.3 Å². The number of aryl methyl sites for hydroxylation is 2. The predicted molar refractivity (Wildman–Crippen MR) is 88.1 cm³/mol. The lowest BCUT2D eigenvalue weighted by molar-refractivity contribution is -0.0532. The number of ether oxygens (including phenoxy) is 1. The Kier molecular flexibility index (Phi) is 4.14. The standard InChI is InChI=1S/C18H24N4O/c1-2-21-13-19-20-18(21)17-12-22(10-11-23-17)16-9-5-7-14-6-3-4-8-15(14)16/h3-4,6,8,13,16-17H,2,5,7,9-12H2,1H3/t16-,17-/m1/s1. The zero-order valence-electron chi connectivity index (χ0n) is 13.7. The van der Waals surface area contributed by atoms with E-state index in [1.807, 2.05) is 0 Å². The Labute approximate surface area is 137 Å². The van der Waals surface area contributed by atoms with E-state index < -0.39 is 0 Å². The molecule has 0 N–H and O–H groups in total. The van der Waals surface area contributed by atoms with E-state index in [0.717, 1.165) is 32.1 Å². The van der Waals surface area contributed by atoms with Crippen LogP contribution in [0.4, 0.5) is 0 Å². The highest BCUT2D eigenvalue weighted by atomic mass is 16.5. The van der Waals surface area contributed by atoms with Crippen molar-refractivity contribution in [2.45, 2.75) is 44.9 Å². The molecule has 1 aromatic heterocycles. The van der Waals surface area contributed by atoms with Crippen LogP contribution in [0.2, 0.25) is 0 Å². The van der Waals surface area contributed by atoms with Crippen LogP contribution in [0.25, 0.3) is 0 Å². The minimum Gasteiger partial charge on any atom is -0.368 e. The molecule has 4 rings (SSSR count). The number of aromatic nitrogens is 3. The van der Waals surface area contributed by atoms with Crippen molar-refractivity contribution in [3.63, 3.8) is 0 Å². The topological polar surface area (TPSA) is 43.2 Å². The summed E-state index contributed by atoms with van der Waals surface area (Å²) in [6.07, 6.45) is 5.55. The smallest absolute Gasteiger partial charge is 0.163 e. The van der Waals surface area contributed by atoms with Crippen LogP contribution in [-0.4, -0.2) is 39.4 Å². The average Bonchev–Trinajstić information content (AvgIpc) is 3.10. The highest BCUT2D eigenvalue weighted by Crippen LogP contribution is 2.36. The van der Waals surface area contributed by atoms with Crippen LogP contribution in [0.5, 0.6) is 0 Å². The number of rotatable bonds is 3. The lowest BCUT2D eigenvalue weighted by atomic mass is 9.86. The summed E-state index contributed by atoms with van der Waals surface area (Å²) in [5, 5.41) is 8.35. The van der Waals surface area contributed by atoms with Crippen molar-refractivity contribution in [1.82, 2.24) is 19.7 Å². The maximum atomic E-state index is 6.01. The molecule has 1 aliphatic heterocycles. The molecule has 1 saturated heterocycles. The van der Waals surface area contributed by atoms with Crippen molar-refractivity contribution in [3.8, 4) is 0 Å². The Balaban J connectivity index is 1.56. The number of morpholine rings is 1. The first-order valence-electron chi connectivity index (χ1n) is 8.68. The minimum atomic E-state index is 0.0280. The molecule has 1 aromatic carbocycles. The molecule has 122 valence electrons. The molecule has 2 atom stereocenters. The van der Waals surface area contributed by atoms with Gasteiger partial charge in [-0.1, -0.05) is 24.3 Å². The second kappa shape index (κ2) is 6.42. The van der Waals surface area contributed by atoms with E-state index in [0.29, 0.717) is 6.04 Å². The van der Waals surface area contributed by atoms with Crippen molar-refractivity contribution in [1.29, 1.82) is 0 Å². The quantitative estimate of drug-likeness (QED) is 0.874. The fraction of sp³-hybridized carbons (Fsp3) is 0.556. The Bertz CT molecular complexity index is 669. The summed E-state index contributed by atoms with van der Waals surface area (Å²) in [5.74, 6) is 0.960. The first-order valence-corrected chi connectivity index (χ1v) is 8.68. The largest absolute Gasteiger partial charge is 0.368 e. The van der Waals surface area contributed by atoms with Gasteiger partial charge in [0.2, 0.25) is 0 Å². The number of hydrogen-bond donors (Lipinski definition) is 0. The van der Waals surface area contributed by atoms with Gasteiger partial charge in [0, 0.05) is 25.7 Å². The number of fused-ring (bicyclic) bond motifs is 1. The van der Waals surface area contributed by atoms with Gasteiger partial charge in [-0.2, -0.15) is 0 Å². The minimum absolute atomic E-state index is 0.0280. The van der Waals surface area contributed by atoms with Crippen molar-refractivity contribution in [3.05, 3.63) is 47.5 Å². The van der Waals surface area contributed by atoms with Crippen molar-refractivity contribution in [2.75, 3.05) is 19.7 Å². The average molecular weight is 312 g/mol. The van der Waals surface area contributed by atoms with Crippen LogP contribution in [0.1, 0.15) is 48.9 Å². The molecule has 0 spiro atoms. The highest BCUT2D eigenvalue weighted by molar-refractivity contribution is 5.32. The number of hydrogen-bond acceptors (Lipinski definition) is 4. The molecule has 0 radical (unpaired) electrons. The third-order valence-corrected chi connectivity index (χ3v) is 5.15. The second-order valence-corrected chi connectivity index (χ2v) is 6.44. The molecule has 1 aliphatic carbocycles. The summed E-state index contributed by atoms with van der Waals surface area (Å²) in [5.41, 5.74) is 3.03. The van der Waals surface area contributed by atoms with E-state index in [1.54, 1.807) is 6.33 Å². The maximum absolute atomic E-state index is 6.01. The Morgan fingerprint density at radius 3 is 3.13 bits per heavy atom. The predicted octanol–water partition coefficient (Wildman–Crippen LogP) is 2.75. The van der Waals surface area contributed by atoms with Gasteiger partial charge in [0.05, 0.1) is 6.61 Å². The Morgan fingerprint density at radius 2 is 2.22 bits per heavy atom. The van der Waals surface area contributed by atoms with Gasteiger partial charge in [0.15, 0.2) is 5.82 Å². The summed E-state index contributed by atoms with van der Waals surface area (Å²) in [6.45, 7) is 5.66. The summed E-state index contributed by atoms with van der Waals surface area (Å²) >= 11 is 0. The molecule has 23 heavy (non-hydrogen) atoms. The third-order valence-electron chi connectivity index (χ3n) is 5.15. The van der Waals surface area contributed by atoms with Crippen LogP contribution in [0.3, 0.4) is 0 Å². The van der Waals surface area contributed by atoms with Crippen LogP contribution in [0, 0.1) is 0 Å². The van der Waals surface area contributed by atoms with Gasteiger partial charge in [-0.25, -0.2) is 0 Å². The van der Waals surface area contributed by atoms with Crippen LogP contribution >= 0.6 is 0 Å². The van der Waals surface area contributed by atoms with E-state index in [4.69, 9.17) is 4.74 Å². The van der Waals surface area contributed by atoms with E-state index in [-0.39, 0.29) is 6.10 Å². The third kappa shape index (κ3) is 2.79. The van der Waals surface area contributed by atoms with Gasteiger partial charge in [0.25, 0.3) is 0 Å². The van der Waals surface area contributed by atoms with Gasteiger partial charge in [-0.3, -0.25) is 4.90 Å². The summed E-state index contributed by atoms with van der Waals surface area (Å²) < 4.78 is 8.10. The molecule has 0 bridgehead atoms. The zero-order chi connectivity index (χ0) is 15.6. The van der Waals surface area contributed by atoms with Crippen LogP contribution < -0.4 is 0 Å². The number of nitrogens with zero attached hydrogens (tertiary/aromatic N) is 4. The van der Waals surface area contributed by atoms with Gasteiger partial charge >= 0.3 is 0 Å². The number of benzene rings is 1. The highest BCUT2D eigenvalue weighted by Gasteiger charge is 2.32. The zero-order valence-corrected chi connectivity index (χ0v) is 13.7. The first-order chi connectivity index (χ1) is 11.4. The first kappa shape index (κ1) is 14.8. The summed E-state index contributed by atoms with van der Waals surface area (Å²) in [6, 6.07) is 9.44. The van der Waals surface area contributed by atoms with Crippen molar-refractivity contribution in [2.24, 2.45) is 0 Å². The molecule has 5 nitrogen and oxygen atoms in total. The van der Waals surface area contributed by atoms with Gasteiger partial charge < -0.3 is 9.30 Å². The molecule has 0 amide bonds. The normalized spacial score (nSPS) is 25.3. The van der Waals surface area contributed by atoms with E-state index >= 15 is 0 Å². The Hall–Kier alpha value is -1.72. The Morgan fingerprint density at radius 1 is 1.30 bits per heavy atom. The fourth-order valence-corrected chi connectivity index (χ4v) is 3.97. The monoisotopic (exact) mass is 312 g/mol. The second-order valence-electron chi connectivity index (χ2n) is 6.44.